The predicted octanol–water partition coefficient (Wildman–Crippen LogP) is 1.66. The van der Waals surface area contributed by atoms with E-state index in [4.69, 9.17) is 4.74 Å². The Bertz CT molecular complexity index is 1140. The van der Waals surface area contributed by atoms with Crippen molar-refractivity contribution in [2.75, 3.05) is 18.6 Å². The summed E-state index contributed by atoms with van der Waals surface area (Å²) in [5.74, 6) is -0.383. The van der Waals surface area contributed by atoms with Gasteiger partial charge in [-0.15, -0.1) is 0 Å². The standard InChI is InChI=1S/C23H21N3O5/c1-31-19-4-2-3-17-16(19)9-10-25(17)22(29)13-5-6-15-14(11-13)12-26(23(15)30)18-7-8-20(27)24-21(18)28/h2-6,11,18H,7-10,12H2,1H3,(H,24,27,28). The van der Waals surface area contributed by atoms with Gasteiger partial charge < -0.3 is 14.5 Å². The highest BCUT2D eigenvalue weighted by Crippen LogP contribution is 2.36. The second-order valence-corrected chi connectivity index (χ2v) is 7.94. The van der Waals surface area contributed by atoms with Crippen molar-refractivity contribution in [1.82, 2.24) is 10.2 Å². The summed E-state index contributed by atoms with van der Waals surface area (Å²) in [6.45, 7) is 0.804. The molecule has 8 nitrogen and oxygen atoms in total. The summed E-state index contributed by atoms with van der Waals surface area (Å²) in [4.78, 5) is 52.9. The Labute approximate surface area is 178 Å². The lowest BCUT2D eigenvalue weighted by molar-refractivity contribution is -0.136. The molecule has 1 unspecified atom stereocenters. The molecule has 0 bridgehead atoms. The smallest absolute Gasteiger partial charge is 0.258 e. The van der Waals surface area contributed by atoms with Crippen LogP contribution in [0.3, 0.4) is 0 Å². The number of rotatable bonds is 3. The van der Waals surface area contributed by atoms with Gasteiger partial charge in [0.05, 0.1) is 12.8 Å². The van der Waals surface area contributed by atoms with E-state index >= 15 is 0 Å². The minimum atomic E-state index is -0.672. The second-order valence-electron chi connectivity index (χ2n) is 7.94. The molecular formula is C23H21N3O5. The van der Waals surface area contributed by atoms with Crippen LogP contribution in [0.5, 0.6) is 5.75 Å². The van der Waals surface area contributed by atoms with E-state index < -0.39 is 11.9 Å². The number of amides is 4. The van der Waals surface area contributed by atoms with Crippen LogP contribution in [0.1, 0.15) is 44.7 Å². The molecule has 1 N–H and O–H groups in total. The average molecular weight is 419 g/mol. The minimum absolute atomic E-state index is 0.137. The Morgan fingerprint density at radius 3 is 2.74 bits per heavy atom. The predicted molar refractivity (Wildman–Crippen MR) is 111 cm³/mol. The maximum atomic E-state index is 13.2. The largest absolute Gasteiger partial charge is 0.496 e. The number of nitrogens with zero attached hydrogens (tertiary/aromatic N) is 2. The Hall–Kier alpha value is -3.68. The van der Waals surface area contributed by atoms with E-state index in [2.05, 4.69) is 5.32 Å². The number of anilines is 1. The Morgan fingerprint density at radius 2 is 1.97 bits per heavy atom. The first-order valence-electron chi connectivity index (χ1n) is 10.2. The fourth-order valence-corrected chi connectivity index (χ4v) is 4.67. The molecule has 5 rings (SSSR count). The molecule has 4 amide bonds. The van der Waals surface area contributed by atoms with Gasteiger partial charge in [-0.1, -0.05) is 6.07 Å². The van der Waals surface area contributed by atoms with Crippen molar-refractivity contribution < 1.29 is 23.9 Å². The van der Waals surface area contributed by atoms with Gasteiger partial charge in [0, 0.05) is 36.2 Å². The average Bonchev–Trinajstić information content (AvgIpc) is 3.34. The van der Waals surface area contributed by atoms with Crippen LogP contribution >= 0.6 is 0 Å². The van der Waals surface area contributed by atoms with E-state index in [1.54, 1.807) is 30.2 Å². The minimum Gasteiger partial charge on any atom is -0.496 e. The van der Waals surface area contributed by atoms with Crippen molar-refractivity contribution in [3.05, 3.63) is 58.7 Å². The third-order valence-corrected chi connectivity index (χ3v) is 6.22. The van der Waals surface area contributed by atoms with Crippen LogP contribution in [0.2, 0.25) is 0 Å². The van der Waals surface area contributed by atoms with Crippen molar-refractivity contribution in [3.8, 4) is 5.75 Å². The van der Waals surface area contributed by atoms with E-state index in [1.165, 1.54) is 4.90 Å². The van der Waals surface area contributed by atoms with Crippen LogP contribution in [0.4, 0.5) is 5.69 Å². The van der Waals surface area contributed by atoms with Gasteiger partial charge in [0.15, 0.2) is 0 Å². The summed E-state index contributed by atoms with van der Waals surface area (Å²) in [7, 11) is 1.62. The number of carbonyl (C=O) groups excluding carboxylic acids is 4. The zero-order valence-electron chi connectivity index (χ0n) is 17.0. The molecule has 8 heteroatoms. The number of hydrogen-bond donors (Lipinski definition) is 1. The van der Waals surface area contributed by atoms with Crippen molar-refractivity contribution in [2.24, 2.45) is 0 Å². The van der Waals surface area contributed by atoms with Crippen LogP contribution in [-0.4, -0.2) is 48.2 Å². The molecule has 0 radical (unpaired) electrons. The lowest BCUT2D eigenvalue weighted by Gasteiger charge is -2.29. The highest BCUT2D eigenvalue weighted by molar-refractivity contribution is 6.09. The van der Waals surface area contributed by atoms with E-state index in [0.29, 0.717) is 29.7 Å². The molecule has 1 saturated heterocycles. The maximum absolute atomic E-state index is 13.2. The molecular weight excluding hydrogens is 398 g/mol. The van der Waals surface area contributed by atoms with Crippen LogP contribution in [-0.2, 0) is 22.6 Å². The highest BCUT2D eigenvalue weighted by atomic mass is 16.5. The van der Waals surface area contributed by atoms with Crippen molar-refractivity contribution in [2.45, 2.75) is 31.8 Å². The van der Waals surface area contributed by atoms with Gasteiger partial charge in [0.1, 0.15) is 11.8 Å². The summed E-state index contributed by atoms with van der Waals surface area (Å²) in [5, 5.41) is 2.30. The first kappa shape index (κ1) is 19.3. The SMILES string of the molecule is COc1cccc2c1CCN2C(=O)c1ccc2c(c1)CN(C1CCC(=O)NC1=O)C2=O. The van der Waals surface area contributed by atoms with Gasteiger partial charge in [0.2, 0.25) is 11.8 Å². The summed E-state index contributed by atoms with van der Waals surface area (Å²) in [6.07, 6.45) is 1.23. The number of piperidine rings is 1. The monoisotopic (exact) mass is 419 g/mol. The fraction of sp³-hybridized carbons (Fsp3) is 0.304. The van der Waals surface area contributed by atoms with E-state index in [-0.39, 0.29) is 30.7 Å². The highest BCUT2D eigenvalue weighted by Gasteiger charge is 2.39. The lowest BCUT2D eigenvalue weighted by Crippen LogP contribution is -2.52. The molecule has 158 valence electrons. The van der Waals surface area contributed by atoms with Crippen molar-refractivity contribution >= 4 is 29.3 Å². The number of hydrogen-bond acceptors (Lipinski definition) is 5. The molecule has 2 aromatic rings. The second kappa shape index (κ2) is 7.23. The molecule has 0 aliphatic carbocycles. The van der Waals surface area contributed by atoms with Gasteiger partial charge in [-0.3, -0.25) is 24.5 Å². The molecule has 0 spiro atoms. The number of benzene rings is 2. The van der Waals surface area contributed by atoms with Gasteiger partial charge in [-0.2, -0.15) is 0 Å². The Kier molecular flexibility index (Phi) is 4.50. The van der Waals surface area contributed by atoms with E-state index in [9.17, 15) is 19.2 Å². The topological polar surface area (TPSA) is 96.0 Å². The number of ether oxygens (including phenoxy) is 1. The molecule has 1 atom stereocenters. The summed E-state index contributed by atoms with van der Waals surface area (Å²) in [6, 6.07) is 10.0. The van der Waals surface area contributed by atoms with E-state index in [0.717, 1.165) is 23.4 Å². The van der Waals surface area contributed by atoms with Gasteiger partial charge >= 0.3 is 0 Å². The van der Waals surface area contributed by atoms with Crippen molar-refractivity contribution in [3.63, 3.8) is 0 Å². The molecule has 0 aromatic heterocycles. The summed E-state index contributed by atoms with van der Waals surface area (Å²) < 4.78 is 5.41. The quantitative estimate of drug-likeness (QED) is 0.764. The molecule has 2 aromatic carbocycles. The van der Waals surface area contributed by atoms with Crippen LogP contribution in [0, 0.1) is 0 Å². The fourth-order valence-electron chi connectivity index (χ4n) is 4.67. The molecule has 0 saturated carbocycles. The number of imide groups is 1. The first-order chi connectivity index (χ1) is 15.0. The normalized spacial score (nSPS) is 19.9. The molecule has 3 aliphatic heterocycles. The third kappa shape index (κ3) is 3.06. The first-order valence-corrected chi connectivity index (χ1v) is 10.2. The van der Waals surface area contributed by atoms with Crippen molar-refractivity contribution in [1.29, 1.82) is 0 Å². The lowest BCUT2D eigenvalue weighted by atomic mass is 10.0. The molecule has 1 fully saturated rings. The number of fused-ring (bicyclic) bond motifs is 2. The van der Waals surface area contributed by atoms with Crippen LogP contribution < -0.4 is 15.0 Å². The zero-order chi connectivity index (χ0) is 21.7. The summed E-state index contributed by atoms with van der Waals surface area (Å²) >= 11 is 0. The third-order valence-electron chi connectivity index (χ3n) is 6.22. The molecule has 3 heterocycles. The Morgan fingerprint density at radius 1 is 1.13 bits per heavy atom. The Balaban J connectivity index is 1.40. The van der Waals surface area contributed by atoms with Gasteiger partial charge in [0.25, 0.3) is 11.8 Å². The molecule has 3 aliphatic rings. The number of carbonyl (C=O) groups is 4. The van der Waals surface area contributed by atoms with Crippen LogP contribution in [0.25, 0.3) is 0 Å². The molecule has 31 heavy (non-hydrogen) atoms. The zero-order valence-corrected chi connectivity index (χ0v) is 17.0. The number of methoxy groups -OCH3 is 1. The van der Waals surface area contributed by atoms with E-state index in [1.807, 2.05) is 18.2 Å². The number of nitrogens with one attached hydrogen (secondary N) is 1. The maximum Gasteiger partial charge on any atom is 0.258 e. The van der Waals surface area contributed by atoms with Gasteiger partial charge in [-0.25, -0.2) is 0 Å². The summed E-state index contributed by atoms with van der Waals surface area (Å²) in [5.41, 5.74) is 3.55. The van der Waals surface area contributed by atoms with Gasteiger partial charge in [-0.05, 0) is 48.7 Å². The van der Waals surface area contributed by atoms with Crippen LogP contribution in [0.15, 0.2) is 36.4 Å².